The molecule has 0 unspecified atom stereocenters. The Labute approximate surface area is 176 Å². The van der Waals surface area contributed by atoms with Gasteiger partial charge in [0, 0.05) is 11.1 Å². The van der Waals surface area contributed by atoms with Gasteiger partial charge in [-0.25, -0.2) is 0 Å². The summed E-state index contributed by atoms with van der Waals surface area (Å²) >= 11 is 6.92. The van der Waals surface area contributed by atoms with E-state index in [1.165, 1.54) is 11.1 Å². The molecule has 3 aromatic carbocycles. The quantitative estimate of drug-likeness (QED) is 0.378. The number of benzene rings is 3. The molecule has 0 N–H and O–H groups in total. The molecule has 3 nitrogen and oxygen atoms in total. The summed E-state index contributed by atoms with van der Waals surface area (Å²) in [7, 11) is 1.68. The minimum atomic E-state index is 0.603. The van der Waals surface area contributed by atoms with Crippen molar-refractivity contribution in [3.63, 3.8) is 0 Å². The molecule has 0 amide bonds. The number of ether oxygens (including phenoxy) is 1. The molecule has 0 spiro atoms. The number of aryl methyl sites for hydroxylation is 2. The van der Waals surface area contributed by atoms with E-state index in [9.17, 15) is 0 Å². The van der Waals surface area contributed by atoms with Crippen LogP contribution in [0.1, 0.15) is 16.7 Å². The third-order valence-corrected chi connectivity index (χ3v) is 5.30. The van der Waals surface area contributed by atoms with E-state index in [4.69, 9.17) is 21.4 Å². The summed E-state index contributed by atoms with van der Waals surface area (Å²) < 4.78 is 7.37. The van der Waals surface area contributed by atoms with Crippen molar-refractivity contribution in [2.45, 2.75) is 20.4 Å². The van der Waals surface area contributed by atoms with Crippen molar-refractivity contribution >= 4 is 11.6 Å². The Morgan fingerprint density at radius 1 is 0.862 bits per heavy atom. The molecule has 146 valence electrons. The van der Waals surface area contributed by atoms with Gasteiger partial charge in [-0.15, -0.1) is 0 Å². The summed E-state index contributed by atoms with van der Waals surface area (Å²) in [5.74, 6) is 0.830. The maximum Gasteiger partial charge on any atom is 0.119 e. The van der Waals surface area contributed by atoms with Crippen LogP contribution in [0, 0.1) is 13.8 Å². The standard InChI is InChI=1S/C25H23ClN2O/c1-17-7-4-10-20(13-17)24-23(26)25(21-11-5-8-18(2)14-21)28(27-24)16-19-9-6-12-22(15-19)29-3/h4-15H,16H2,1-3H3. The molecular weight excluding hydrogens is 380 g/mol. The highest BCUT2D eigenvalue weighted by Crippen LogP contribution is 2.37. The number of methoxy groups -OCH3 is 1. The molecule has 29 heavy (non-hydrogen) atoms. The summed E-state index contributed by atoms with van der Waals surface area (Å²) in [6.07, 6.45) is 0. The van der Waals surface area contributed by atoms with Gasteiger partial charge in [0.2, 0.25) is 0 Å². The lowest BCUT2D eigenvalue weighted by molar-refractivity contribution is 0.414. The van der Waals surface area contributed by atoms with Gasteiger partial charge in [-0.3, -0.25) is 4.68 Å². The number of halogens is 1. The van der Waals surface area contributed by atoms with Crippen LogP contribution in [0.5, 0.6) is 5.75 Å². The Morgan fingerprint density at radius 3 is 2.21 bits per heavy atom. The molecule has 0 bridgehead atoms. The zero-order chi connectivity index (χ0) is 20.4. The van der Waals surface area contributed by atoms with E-state index >= 15 is 0 Å². The minimum Gasteiger partial charge on any atom is -0.497 e. The summed E-state index contributed by atoms with van der Waals surface area (Å²) in [5, 5.41) is 5.59. The molecule has 0 saturated heterocycles. The summed E-state index contributed by atoms with van der Waals surface area (Å²) in [5.41, 5.74) is 7.28. The van der Waals surface area contributed by atoms with Crippen molar-refractivity contribution in [2.24, 2.45) is 0 Å². The lowest BCUT2D eigenvalue weighted by Gasteiger charge is -2.10. The molecule has 4 aromatic rings. The van der Waals surface area contributed by atoms with Crippen molar-refractivity contribution in [1.29, 1.82) is 0 Å². The van der Waals surface area contributed by atoms with Crippen molar-refractivity contribution in [3.8, 4) is 28.3 Å². The normalized spacial score (nSPS) is 10.9. The van der Waals surface area contributed by atoms with E-state index in [2.05, 4.69) is 62.4 Å². The van der Waals surface area contributed by atoms with Crippen LogP contribution in [0.15, 0.2) is 72.8 Å². The Hall–Kier alpha value is -3.04. The fourth-order valence-corrected chi connectivity index (χ4v) is 3.90. The van der Waals surface area contributed by atoms with Gasteiger partial charge >= 0.3 is 0 Å². The lowest BCUT2D eigenvalue weighted by atomic mass is 10.1. The second kappa shape index (κ2) is 8.14. The van der Waals surface area contributed by atoms with E-state index in [0.717, 1.165) is 33.8 Å². The fraction of sp³-hybridized carbons (Fsp3) is 0.160. The maximum atomic E-state index is 6.92. The Kier molecular flexibility index (Phi) is 5.41. The van der Waals surface area contributed by atoms with Gasteiger partial charge in [0.15, 0.2) is 0 Å². The third kappa shape index (κ3) is 4.06. The average Bonchev–Trinajstić information content (AvgIpc) is 3.04. The van der Waals surface area contributed by atoms with Gasteiger partial charge in [0.1, 0.15) is 11.4 Å². The summed E-state index contributed by atoms with van der Waals surface area (Å²) in [4.78, 5) is 0. The van der Waals surface area contributed by atoms with Gasteiger partial charge in [-0.2, -0.15) is 5.10 Å². The first-order valence-electron chi connectivity index (χ1n) is 9.58. The second-order valence-electron chi connectivity index (χ2n) is 7.26. The molecule has 0 aliphatic heterocycles. The van der Waals surface area contributed by atoms with Crippen LogP contribution in [0.4, 0.5) is 0 Å². The highest BCUT2D eigenvalue weighted by atomic mass is 35.5. The van der Waals surface area contributed by atoms with Crippen LogP contribution in [-0.2, 0) is 6.54 Å². The van der Waals surface area contributed by atoms with Crippen LogP contribution in [0.2, 0.25) is 5.02 Å². The second-order valence-corrected chi connectivity index (χ2v) is 7.64. The number of rotatable bonds is 5. The molecule has 0 saturated carbocycles. The molecule has 0 aliphatic rings. The van der Waals surface area contributed by atoms with Crippen LogP contribution < -0.4 is 4.74 Å². The van der Waals surface area contributed by atoms with Gasteiger partial charge in [0.25, 0.3) is 0 Å². The Bertz CT molecular complexity index is 1160. The van der Waals surface area contributed by atoms with Crippen LogP contribution in [-0.4, -0.2) is 16.9 Å². The first kappa shape index (κ1) is 19.3. The highest BCUT2D eigenvalue weighted by molar-refractivity contribution is 6.35. The highest BCUT2D eigenvalue weighted by Gasteiger charge is 2.19. The van der Waals surface area contributed by atoms with Crippen LogP contribution >= 0.6 is 11.6 Å². The third-order valence-electron chi connectivity index (χ3n) is 4.94. The number of nitrogens with zero attached hydrogens (tertiary/aromatic N) is 2. The molecule has 4 rings (SSSR count). The van der Waals surface area contributed by atoms with Gasteiger partial charge in [-0.05, 0) is 43.7 Å². The Balaban J connectivity index is 1.87. The topological polar surface area (TPSA) is 27.1 Å². The summed E-state index contributed by atoms with van der Waals surface area (Å²) in [6, 6.07) is 24.7. The largest absolute Gasteiger partial charge is 0.497 e. The van der Waals surface area contributed by atoms with Crippen LogP contribution in [0.25, 0.3) is 22.5 Å². The van der Waals surface area contributed by atoms with E-state index < -0.39 is 0 Å². The number of hydrogen-bond acceptors (Lipinski definition) is 2. The van der Waals surface area contributed by atoms with Crippen molar-refractivity contribution in [1.82, 2.24) is 9.78 Å². The van der Waals surface area contributed by atoms with E-state index in [1.54, 1.807) is 7.11 Å². The number of aromatic nitrogens is 2. The average molecular weight is 403 g/mol. The first-order valence-corrected chi connectivity index (χ1v) is 9.96. The van der Waals surface area contributed by atoms with Crippen LogP contribution in [0.3, 0.4) is 0 Å². The molecule has 0 atom stereocenters. The predicted molar refractivity (Wildman–Crippen MR) is 120 cm³/mol. The summed E-state index contributed by atoms with van der Waals surface area (Å²) in [6.45, 7) is 4.76. The minimum absolute atomic E-state index is 0.603. The van der Waals surface area contributed by atoms with Crippen molar-refractivity contribution < 1.29 is 4.74 Å². The molecule has 4 heteroatoms. The van der Waals surface area contributed by atoms with Crippen molar-refractivity contribution in [2.75, 3.05) is 7.11 Å². The fourth-order valence-electron chi connectivity index (χ4n) is 3.54. The predicted octanol–water partition coefficient (Wildman–Crippen LogP) is 6.54. The maximum absolute atomic E-state index is 6.92. The van der Waals surface area contributed by atoms with E-state index in [-0.39, 0.29) is 0 Å². The number of hydrogen-bond donors (Lipinski definition) is 0. The SMILES string of the molecule is COc1cccc(Cn2nc(-c3cccc(C)c3)c(Cl)c2-c2cccc(C)c2)c1. The van der Waals surface area contributed by atoms with E-state index in [0.29, 0.717) is 11.6 Å². The molecule has 1 heterocycles. The zero-order valence-electron chi connectivity index (χ0n) is 16.8. The van der Waals surface area contributed by atoms with E-state index in [1.807, 2.05) is 28.9 Å². The van der Waals surface area contributed by atoms with Gasteiger partial charge < -0.3 is 4.74 Å². The lowest BCUT2D eigenvalue weighted by Crippen LogP contribution is -2.04. The van der Waals surface area contributed by atoms with Crippen molar-refractivity contribution in [3.05, 3.63) is 94.5 Å². The smallest absolute Gasteiger partial charge is 0.119 e. The molecule has 0 radical (unpaired) electrons. The van der Waals surface area contributed by atoms with Gasteiger partial charge in [0.05, 0.1) is 24.4 Å². The zero-order valence-corrected chi connectivity index (χ0v) is 17.6. The van der Waals surface area contributed by atoms with Gasteiger partial charge in [-0.1, -0.05) is 71.3 Å². The Morgan fingerprint density at radius 2 is 1.52 bits per heavy atom. The molecule has 1 aromatic heterocycles. The molecule has 0 fully saturated rings. The molecule has 0 aliphatic carbocycles. The monoisotopic (exact) mass is 402 g/mol. The first-order chi connectivity index (χ1) is 14.0. The molecular formula is C25H23ClN2O.